The summed E-state index contributed by atoms with van der Waals surface area (Å²) in [6, 6.07) is 11.7. The highest BCUT2D eigenvalue weighted by Gasteiger charge is 2.24. The highest BCUT2D eigenvalue weighted by atomic mass is 35.5. The van der Waals surface area contributed by atoms with E-state index in [2.05, 4.69) is 18.7 Å². The van der Waals surface area contributed by atoms with Crippen molar-refractivity contribution in [2.24, 2.45) is 5.92 Å². The van der Waals surface area contributed by atoms with Crippen molar-refractivity contribution in [2.75, 3.05) is 51.3 Å². The molecule has 3 rings (SSSR count). The second kappa shape index (κ2) is 13.7. The lowest BCUT2D eigenvalue weighted by Crippen LogP contribution is -2.41. The predicted molar refractivity (Wildman–Crippen MR) is 142 cm³/mol. The number of methoxy groups -OCH3 is 1. The van der Waals surface area contributed by atoms with E-state index in [0.29, 0.717) is 35.3 Å². The number of ether oxygens (including phenoxy) is 1. The fourth-order valence-corrected chi connectivity index (χ4v) is 4.89. The number of rotatable bonds is 6. The van der Waals surface area contributed by atoms with Gasteiger partial charge in [0.2, 0.25) is 5.91 Å². The van der Waals surface area contributed by atoms with Crippen LogP contribution < -0.4 is 4.90 Å². The number of hydrogen-bond donors (Lipinski definition) is 0. The maximum Gasteiger partial charge on any atom is 0.252 e. The summed E-state index contributed by atoms with van der Waals surface area (Å²) in [5.41, 5.74) is 1.98. The molecule has 0 saturated carbocycles. The lowest BCUT2D eigenvalue weighted by molar-refractivity contribution is -0.131. The van der Waals surface area contributed by atoms with E-state index in [9.17, 15) is 14.0 Å². The van der Waals surface area contributed by atoms with E-state index in [0.717, 1.165) is 38.0 Å². The average Bonchev–Trinajstić information content (AvgIpc) is 2.82. The molecule has 1 aliphatic rings. The Morgan fingerprint density at radius 1 is 1.03 bits per heavy atom. The maximum atomic E-state index is 14.4. The third kappa shape index (κ3) is 8.02. The van der Waals surface area contributed by atoms with E-state index in [-0.39, 0.29) is 31.4 Å². The van der Waals surface area contributed by atoms with E-state index in [1.807, 2.05) is 18.2 Å². The van der Waals surface area contributed by atoms with Crippen LogP contribution in [-0.4, -0.2) is 68.1 Å². The molecule has 8 heteroatoms. The summed E-state index contributed by atoms with van der Waals surface area (Å²) in [5, 5.41) is 0.547. The Morgan fingerprint density at radius 2 is 1.75 bits per heavy atom. The van der Waals surface area contributed by atoms with Gasteiger partial charge in [0.25, 0.3) is 5.91 Å². The quantitative estimate of drug-likeness (QED) is 0.553. The summed E-state index contributed by atoms with van der Waals surface area (Å²) in [7, 11) is 1.49. The minimum atomic E-state index is -0.401. The Labute approximate surface area is 219 Å². The second-order valence-corrected chi connectivity index (χ2v) is 10.1. The second-order valence-electron chi connectivity index (χ2n) is 9.74. The van der Waals surface area contributed by atoms with Crippen molar-refractivity contribution in [2.45, 2.75) is 39.7 Å². The van der Waals surface area contributed by atoms with Gasteiger partial charge in [-0.2, -0.15) is 0 Å². The molecule has 0 spiro atoms. The van der Waals surface area contributed by atoms with Crippen LogP contribution in [0.1, 0.15) is 37.8 Å². The Kier molecular flexibility index (Phi) is 10.7. The predicted octanol–water partition coefficient (Wildman–Crippen LogP) is 4.78. The number of anilines is 1. The van der Waals surface area contributed by atoms with E-state index in [1.54, 1.807) is 21.9 Å². The van der Waals surface area contributed by atoms with Gasteiger partial charge in [0.1, 0.15) is 12.4 Å². The van der Waals surface area contributed by atoms with Crippen molar-refractivity contribution in [1.82, 2.24) is 9.80 Å². The summed E-state index contributed by atoms with van der Waals surface area (Å²) >= 11 is 6.32. The van der Waals surface area contributed by atoms with Gasteiger partial charge >= 0.3 is 0 Å². The van der Waals surface area contributed by atoms with Gasteiger partial charge in [-0.1, -0.05) is 43.6 Å². The van der Waals surface area contributed by atoms with E-state index in [1.165, 1.54) is 19.2 Å². The molecule has 1 heterocycles. The molecule has 1 aliphatic heterocycles. The molecular weight excluding hydrogens is 481 g/mol. The third-order valence-corrected chi connectivity index (χ3v) is 6.67. The zero-order valence-electron chi connectivity index (χ0n) is 21.5. The molecule has 0 fully saturated rings. The molecule has 2 aromatic carbocycles. The first-order chi connectivity index (χ1) is 17.3. The van der Waals surface area contributed by atoms with Crippen molar-refractivity contribution in [3.05, 3.63) is 64.4 Å². The number of halogens is 2. The van der Waals surface area contributed by atoms with Crippen molar-refractivity contribution in [1.29, 1.82) is 0 Å². The smallest absolute Gasteiger partial charge is 0.252 e. The fourth-order valence-electron chi connectivity index (χ4n) is 4.69. The summed E-state index contributed by atoms with van der Waals surface area (Å²) in [6.07, 6.45) is 1.75. The Bertz CT molecular complexity index is 1030. The standard InChI is InChI=1S/C28H37ClFN3O3/c1-21(2)18-31-12-6-14-32(27(34)17-22-8-4-5-9-25(22)29)19-23-16-24(30)10-11-26(23)33(15-7-13-31)28(35)20-36-3/h4-5,8-11,16,21H,6-7,12-15,17-20H2,1-3H3. The highest BCUT2D eigenvalue weighted by molar-refractivity contribution is 6.31. The van der Waals surface area contributed by atoms with Crippen molar-refractivity contribution in [3.8, 4) is 0 Å². The first-order valence-corrected chi connectivity index (χ1v) is 13.0. The maximum absolute atomic E-state index is 14.4. The average molecular weight is 518 g/mol. The van der Waals surface area contributed by atoms with Crippen LogP contribution in [-0.2, 0) is 27.3 Å². The van der Waals surface area contributed by atoms with E-state index < -0.39 is 5.82 Å². The molecule has 2 aromatic rings. The summed E-state index contributed by atoms with van der Waals surface area (Å²) < 4.78 is 19.5. The number of carbonyl (C=O) groups is 2. The molecule has 196 valence electrons. The topological polar surface area (TPSA) is 53.1 Å². The zero-order chi connectivity index (χ0) is 26.1. The molecule has 2 amide bonds. The molecule has 0 saturated heterocycles. The van der Waals surface area contributed by atoms with Gasteiger partial charge in [-0.3, -0.25) is 9.59 Å². The Morgan fingerprint density at radius 3 is 2.44 bits per heavy atom. The van der Waals surface area contributed by atoms with Crippen LogP contribution in [0.3, 0.4) is 0 Å². The molecule has 36 heavy (non-hydrogen) atoms. The van der Waals surface area contributed by atoms with E-state index >= 15 is 0 Å². The summed E-state index contributed by atoms with van der Waals surface area (Å²) in [4.78, 5) is 32.3. The number of nitrogens with zero attached hydrogens (tertiary/aromatic N) is 3. The molecule has 0 aliphatic carbocycles. The van der Waals surface area contributed by atoms with Crippen LogP contribution in [0.25, 0.3) is 0 Å². The van der Waals surface area contributed by atoms with Crippen LogP contribution in [0.15, 0.2) is 42.5 Å². The largest absolute Gasteiger partial charge is 0.375 e. The molecular formula is C28H37ClFN3O3. The Hall–Kier alpha value is -2.48. The van der Waals surface area contributed by atoms with Gasteiger partial charge in [0.15, 0.2) is 0 Å². The fraction of sp³-hybridized carbons (Fsp3) is 0.500. The molecule has 0 aromatic heterocycles. The van der Waals surface area contributed by atoms with Crippen LogP contribution in [0, 0.1) is 11.7 Å². The van der Waals surface area contributed by atoms with Crippen LogP contribution in [0.4, 0.5) is 10.1 Å². The molecule has 6 nitrogen and oxygen atoms in total. The number of carbonyl (C=O) groups excluding carboxylic acids is 2. The van der Waals surface area contributed by atoms with E-state index in [4.69, 9.17) is 16.3 Å². The monoisotopic (exact) mass is 517 g/mol. The highest BCUT2D eigenvalue weighted by Crippen LogP contribution is 2.26. The van der Waals surface area contributed by atoms with Gasteiger partial charge < -0.3 is 19.4 Å². The molecule has 0 N–H and O–H groups in total. The van der Waals surface area contributed by atoms with Gasteiger partial charge in [0, 0.05) is 44.0 Å². The minimum Gasteiger partial charge on any atom is -0.375 e. The number of hydrogen-bond acceptors (Lipinski definition) is 4. The lowest BCUT2D eigenvalue weighted by atomic mass is 10.1. The van der Waals surface area contributed by atoms with Gasteiger partial charge in [-0.15, -0.1) is 0 Å². The SMILES string of the molecule is COCC(=O)N1CCCN(CC(C)C)CCCN(C(=O)Cc2ccccc2Cl)Cc2cc(F)ccc21. The van der Waals surface area contributed by atoms with Crippen molar-refractivity contribution in [3.63, 3.8) is 0 Å². The minimum absolute atomic E-state index is 0.0678. The van der Waals surface area contributed by atoms with Crippen LogP contribution >= 0.6 is 11.6 Å². The van der Waals surface area contributed by atoms with Gasteiger partial charge in [-0.25, -0.2) is 4.39 Å². The number of fused-ring (bicyclic) bond motifs is 1. The lowest BCUT2D eigenvalue weighted by Gasteiger charge is -2.32. The third-order valence-electron chi connectivity index (χ3n) is 6.30. The van der Waals surface area contributed by atoms with Crippen molar-refractivity contribution < 1.29 is 18.7 Å². The van der Waals surface area contributed by atoms with Crippen molar-refractivity contribution >= 4 is 29.1 Å². The number of benzene rings is 2. The summed E-state index contributed by atoms with van der Waals surface area (Å²) in [5.74, 6) is -0.167. The molecule has 0 radical (unpaired) electrons. The zero-order valence-corrected chi connectivity index (χ0v) is 22.3. The number of amides is 2. The molecule has 0 atom stereocenters. The van der Waals surface area contributed by atoms with Crippen LogP contribution in [0.2, 0.25) is 5.02 Å². The summed E-state index contributed by atoms with van der Waals surface area (Å²) in [6.45, 7) is 8.15. The van der Waals surface area contributed by atoms with Gasteiger partial charge in [-0.05, 0) is 67.2 Å². The first kappa shape index (κ1) is 28.1. The normalized spacial score (nSPS) is 15.8. The Balaban J connectivity index is 1.95. The van der Waals surface area contributed by atoms with Gasteiger partial charge in [0.05, 0.1) is 6.42 Å². The molecule has 0 unspecified atom stereocenters. The van der Waals surface area contributed by atoms with Crippen LogP contribution in [0.5, 0.6) is 0 Å². The molecule has 0 bridgehead atoms. The first-order valence-electron chi connectivity index (χ1n) is 12.6.